The molecular weight excluding hydrogens is 531 g/mol. The van der Waals surface area contributed by atoms with Crippen LogP contribution in [0.15, 0.2) is 79.0 Å². The van der Waals surface area contributed by atoms with Crippen molar-refractivity contribution in [2.24, 2.45) is 0 Å². The molecule has 7 nitrogen and oxygen atoms in total. The number of carbonyl (C=O) groups is 1. The molecule has 1 N–H and O–H groups in total. The van der Waals surface area contributed by atoms with Gasteiger partial charge in [-0.1, -0.05) is 42.5 Å². The van der Waals surface area contributed by atoms with Crippen LogP contribution in [0.25, 0.3) is 10.9 Å². The van der Waals surface area contributed by atoms with Crippen molar-refractivity contribution in [1.29, 1.82) is 0 Å². The van der Waals surface area contributed by atoms with Gasteiger partial charge in [0.2, 0.25) is 6.41 Å². The molecule has 4 aromatic rings. The number of nitrogens with zero attached hydrogens (tertiary/aromatic N) is 3. The smallest absolute Gasteiger partial charge is 0.207 e. The standard InChI is InChI=1S/C26H35N3O2.C8H8FNO/c1-22-21-29(26-24(22)11-6-12-25(26)30-2)15-7-13-27-16-18-28(19-17-27)14-8-20-31-23-9-4-3-5-10-23;9-8-3-1-2-7(4-8)5-10-6-11/h3-6,9-12,21H,7-8,13-20H2,1-2H3;1-4,6H,5H2,(H,10,11). The number of hydrogen-bond donors (Lipinski definition) is 1. The van der Waals surface area contributed by atoms with E-state index in [0.29, 0.717) is 13.0 Å². The zero-order valence-corrected chi connectivity index (χ0v) is 24.8. The predicted molar refractivity (Wildman–Crippen MR) is 167 cm³/mol. The lowest BCUT2D eigenvalue weighted by molar-refractivity contribution is -0.109. The highest BCUT2D eigenvalue weighted by atomic mass is 19.1. The normalized spacial score (nSPS) is 13.8. The van der Waals surface area contributed by atoms with Gasteiger partial charge >= 0.3 is 0 Å². The summed E-state index contributed by atoms with van der Waals surface area (Å²) in [5, 5.41) is 3.74. The van der Waals surface area contributed by atoms with Crippen molar-refractivity contribution in [3.63, 3.8) is 0 Å². The molecule has 0 aliphatic carbocycles. The highest BCUT2D eigenvalue weighted by Gasteiger charge is 2.16. The number of para-hydroxylation sites is 2. The van der Waals surface area contributed by atoms with E-state index < -0.39 is 0 Å². The van der Waals surface area contributed by atoms with Crippen LogP contribution in [-0.4, -0.2) is 73.8 Å². The van der Waals surface area contributed by atoms with Gasteiger partial charge in [-0.05, 0) is 67.8 Å². The maximum atomic E-state index is 12.5. The minimum atomic E-state index is -0.282. The molecule has 1 fully saturated rings. The second-order valence-corrected chi connectivity index (χ2v) is 10.5. The van der Waals surface area contributed by atoms with Crippen LogP contribution in [0.5, 0.6) is 11.5 Å². The number of benzene rings is 3. The Morgan fingerprint density at radius 1 is 0.881 bits per heavy atom. The molecule has 0 bridgehead atoms. The van der Waals surface area contributed by atoms with E-state index in [9.17, 15) is 9.18 Å². The van der Waals surface area contributed by atoms with Crippen LogP contribution in [0, 0.1) is 12.7 Å². The molecule has 5 rings (SSSR count). The third-order valence-electron chi connectivity index (χ3n) is 7.53. The molecule has 0 saturated carbocycles. The summed E-state index contributed by atoms with van der Waals surface area (Å²) in [7, 11) is 1.76. The number of methoxy groups -OCH3 is 1. The molecule has 42 heavy (non-hydrogen) atoms. The molecule has 1 saturated heterocycles. The lowest BCUT2D eigenvalue weighted by atomic mass is 10.2. The topological polar surface area (TPSA) is 59.0 Å². The third kappa shape index (κ3) is 9.33. The number of aromatic nitrogens is 1. The number of hydrogen-bond acceptors (Lipinski definition) is 5. The predicted octanol–water partition coefficient (Wildman–Crippen LogP) is 5.51. The molecular formula is C34H43FN4O3. The molecule has 8 heteroatoms. The monoisotopic (exact) mass is 574 g/mol. The van der Waals surface area contributed by atoms with E-state index in [-0.39, 0.29) is 5.82 Å². The van der Waals surface area contributed by atoms with Crippen molar-refractivity contribution in [3.8, 4) is 11.5 Å². The van der Waals surface area contributed by atoms with Gasteiger partial charge in [-0.3, -0.25) is 4.79 Å². The van der Waals surface area contributed by atoms with Crippen molar-refractivity contribution in [2.45, 2.75) is 32.9 Å². The number of nitrogens with one attached hydrogen (secondary N) is 1. The summed E-state index contributed by atoms with van der Waals surface area (Å²) in [5.41, 5.74) is 3.31. The Hall–Kier alpha value is -3.88. The van der Waals surface area contributed by atoms with Gasteiger partial charge in [0.15, 0.2) is 0 Å². The summed E-state index contributed by atoms with van der Waals surface area (Å²) in [6, 6.07) is 22.5. The first-order chi connectivity index (χ1) is 20.6. The highest BCUT2D eigenvalue weighted by Crippen LogP contribution is 2.29. The molecule has 0 atom stereocenters. The fraction of sp³-hybridized carbons (Fsp3) is 0.382. The minimum Gasteiger partial charge on any atom is -0.495 e. The first kappa shape index (κ1) is 31.1. The average molecular weight is 575 g/mol. The molecule has 1 aromatic heterocycles. The first-order valence-electron chi connectivity index (χ1n) is 14.7. The van der Waals surface area contributed by atoms with Gasteiger partial charge in [0.1, 0.15) is 17.3 Å². The van der Waals surface area contributed by atoms with Gasteiger partial charge in [-0.2, -0.15) is 0 Å². The van der Waals surface area contributed by atoms with Crippen molar-refractivity contribution in [1.82, 2.24) is 19.7 Å². The SMILES string of the molecule is COc1cccc2c(C)cn(CCCN3CCN(CCCOc4ccccc4)CC3)c12.O=CNCc1cccc(F)c1. The fourth-order valence-corrected chi connectivity index (χ4v) is 5.35. The first-order valence-corrected chi connectivity index (χ1v) is 14.7. The quantitative estimate of drug-likeness (QED) is 0.169. The molecule has 1 amide bonds. The second-order valence-electron chi connectivity index (χ2n) is 10.5. The summed E-state index contributed by atoms with van der Waals surface area (Å²) in [5.74, 6) is 1.65. The van der Waals surface area contributed by atoms with Crippen molar-refractivity contribution in [2.75, 3.05) is 53.0 Å². The van der Waals surface area contributed by atoms with Crippen LogP contribution in [0.1, 0.15) is 24.0 Å². The van der Waals surface area contributed by atoms with E-state index >= 15 is 0 Å². The van der Waals surface area contributed by atoms with E-state index in [1.165, 1.54) is 28.6 Å². The van der Waals surface area contributed by atoms with Crippen LogP contribution >= 0.6 is 0 Å². The molecule has 0 spiro atoms. The lowest BCUT2D eigenvalue weighted by Gasteiger charge is -2.34. The molecule has 0 radical (unpaired) electrons. The molecule has 1 aliphatic heterocycles. The van der Waals surface area contributed by atoms with Crippen molar-refractivity contribution < 1.29 is 18.7 Å². The average Bonchev–Trinajstić information content (AvgIpc) is 3.35. The van der Waals surface area contributed by atoms with E-state index in [0.717, 1.165) is 82.3 Å². The number of halogens is 1. The lowest BCUT2D eigenvalue weighted by Crippen LogP contribution is -2.47. The number of rotatable bonds is 13. The highest BCUT2D eigenvalue weighted by molar-refractivity contribution is 5.89. The van der Waals surface area contributed by atoms with Crippen LogP contribution in [0.3, 0.4) is 0 Å². The van der Waals surface area contributed by atoms with Gasteiger partial charge in [-0.15, -0.1) is 0 Å². The maximum absolute atomic E-state index is 12.5. The Balaban J connectivity index is 0.000000310. The molecule has 0 unspecified atom stereocenters. The van der Waals surface area contributed by atoms with E-state index in [1.54, 1.807) is 19.2 Å². The van der Waals surface area contributed by atoms with Crippen LogP contribution in [-0.2, 0) is 17.9 Å². The number of aryl methyl sites for hydroxylation is 2. The molecule has 2 heterocycles. The van der Waals surface area contributed by atoms with Crippen LogP contribution in [0.4, 0.5) is 4.39 Å². The zero-order chi connectivity index (χ0) is 29.6. The number of carbonyl (C=O) groups excluding carboxylic acids is 1. The third-order valence-corrected chi connectivity index (χ3v) is 7.53. The Bertz CT molecular complexity index is 1370. The van der Waals surface area contributed by atoms with E-state index in [2.05, 4.69) is 51.0 Å². The van der Waals surface area contributed by atoms with Crippen LogP contribution in [0.2, 0.25) is 0 Å². The summed E-state index contributed by atoms with van der Waals surface area (Å²) < 4.78 is 26.3. The van der Waals surface area contributed by atoms with Gasteiger partial charge < -0.3 is 29.2 Å². The van der Waals surface area contributed by atoms with E-state index in [1.807, 2.05) is 30.3 Å². The maximum Gasteiger partial charge on any atom is 0.207 e. The molecule has 3 aromatic carbocycles. The molecule has 224 valence electrons. The number of fused-ring (bicyclic) bond motifs is 1. The fourth-order valence-electron chi connectivity index (χ4n) is 5.35. The summed E-state index contributed by atoms with van der Waals surface area (Å²) in [6.07, 6.45) is 5.09. The minimum absolute atomic E-state index is 0.282. The Morgan fingerprint density at radius 2 is 1.60 bits per heavy atom. The van der Waals surface area contributed by atoms with Gasteiger partial charge in [0, 0.05) is 57.4 Å². The Labute approximate surface area is 248 Å². The summed E-state index contributed by atoms with van der Waals surface area (Å²) >= 11 is 0. The molecule has 1 aliphatic rings. The Kier molecular flexibility index (Phi) is 12.2. The van der Waals surface area contributed by atoms with Crippen molar-refractivity contribution >= 4 is 17.3 Å². The summed E-state index contributed by atoms with van der Waals surface area (Å²) in [4.78, 5) is 15.0. The van der Waals surface area contributed by atoms with Gasteiger partial charge in [0.25, 0.3) is 0 Å². The van der Waals surface area contributed by atoms with Gasteiger partial charge in [0.05, 0.1) is 19.2 Å². The zero-order valence-electron chi connectivity index (χ0n) is 24.8. The van der Waals surface area contributed by atoms with Gasteiger partial charge in [-0.25, -0.2) is 4.39 Å². The Morgan fingerprint density at radius 3 is 2.29 bits per heavy atom. The largest absolute Gasteiger partial charge is 0.495 e. The second kappa shape index (κ2) is 16.5. The number of amides is 1. The van der Waals surface area contributed by atoms with Crippen molar-refractivity contribution in [3.05, 3.63) is 95.9 Å². The summed E-state index contributed by atoms with van der Waals surface area (Å²) in [6.45, 7) is 11.3. The van der Waals surface area contributed by atoms with Crippen LogP contribution < -0.4 is 14.8 Å². The van der Waals surface area contributed by atoms with E-state index in [4.69, 9.17) is 9.47 Å². The number of piperazine rings is 1. The number of ether oxygens (including phenoxy) is 2.